The Bertz CT molecular complexity index is 515. The number of aryl methyl sites for hydroxylation is 2. The number of benzene rings is 1. The summed E-state index contributed by atoms with van der Waals surface area (Å²) in [7, 11) is 0. The summed E-state index contributed by atoms with van der Waals surface area (Å²) < 4.78 is 5.50. The van der Waals surface area contributed by atoms with Crippen molar-refractivity contribution >= 4 is 0 Å². The van der Waals surface area contributed by atoms with E-state index in [0.717, 1.165) is 24.1 Å². The topological polar surface area (TPSA) is 55.2 Å². The lowest BCUT2D eigenvalue weighted by Gasteiger charge is -2.06. The van der Waals surface area contributed by atoms with Crippen LogP contribution in [0.2, 0.25) is 0 Å². The lowest BCUT2D eigenvalue weighted by atomic mass is 10.1. The molecule has 1 aromatic carbocycles. The Labute approximate surface area is 113 Å². The van der Waals surface area contributed by atoms with E-state index in [0.29, 0.717) is 12.6 Å². The molecule has 0 bridgehead atoms. The summed E-state index contributed by atoms with van der Waals surface area (Å²) in [6.45, 7) is 2.39. The maximum Gasteiger partial charge on any atom is 0.316 e. The van der Waals surface area contributed by atoms with Crippen molar-refractivity contribution < 1.29 is 9.84 Å². The molecule has 0 saturated carbocycles. The van der Waals surface area contributed by atoms with Crippen LogP contribution >= 0.6 is 0 Å². The second-order valence-electron chi connectivity index (χ2n) is 4.36. The number of rotatable bonds is 6. The van der Waals surface area contributed by atoms with Crippen molar-refractivity contribution in [2.75, 3.05) is 6.61 Å². The van der Waals surface area contributed by atoms with Crippen LogP contribution in [0.15, 0.2) is 36.5 Å². The zero-order valence-electron chi connectivity index (χ0n) is 11.0. The molecule has 0 aliphatic heterocycles. The van der Waals surface area contributed by atoms with Gasteiger partial charge in [0.2, 0.25) is 0 Å². The van der Waals surface area contributed by atoms with Crippen LogP contribution in [0, 0.1) is 6.92 Å². The van der Waals surface area contributed by atoms with Crippen LogP contribution in [0.5, 0.6) is 6.01 Å². The van der Waals surface area contributed by atoms with Crippen LogP contribution < -0.4 is 4.74 Å². The first-order valence-electron chi connectivity index (χ1n) is 6.39. The van der Waals surface area contributed by atoms with E-state index in [-0.39, 0.29) is 6.61 Å². The van der Waals surface area contributed by atoms with E-state index in [9.17, 15) is 0 Å². The summed E-state index contributed by atoms with van der Waals surface area (Å²) in [6.07, 6.45) is 3.51. The third-order valence-corrected chi connectivity index (χ3v) is 2.91. The number of hydrogen-bond acceptors (Lipinski definition) is 4. The smallest absolute Gasteiger partial charge is 0.316 e. The maximum absolute atomic E-state index is 9.03. The van der Waals surface area contributed by atoms with E-state index < -0.39 is 0 Å². The Morgan fingerprint density at radius 1 is 1.21 bits per heavy atom. The molecule has 100 valence electrons. The third kappa shape index (κ3) is 4.03. The average molecular weight is 258 g/mol. The molecule has 2 aromatic rings. The summed E-state index contributed by atoms with van der Waals surface area (Å²) in [4.78, 5) is 8.26. The van der Waals surface area contributed by atoms with Crippen LogP contribution in [0.1, 0.15) is 23.2 Å². The minimum atomic E-state index is -0.0415. The molecule has 0 amide bonds. The molecule has 0 spiro atoms. The van der Waals surface area contributed by atoms with Gasteiger partial charge in [0.1, 0.15) is 0 Å². The highest BCUT2D eigenvalue weighted by Gasteiger charge is 2.03. The molecule has 0 fully saturated rings. The van der Waals surface area contributed by atoms with Gasteiger partial charge in [0.15, 0.2) is 0 Å². The van der Waals surface area contributed by atoms with Gasteiger partial charge in [-0.15, -0.1) is 0 Å². The van der Waals surface area contributed by atoms with Crippen molar-refractivity contribution in [1.29, 1.82) is 0 Å². The average Bonchev–Trinajstić information content (AvgIpc) is 2.45. The first-order chi connectivity index (χ1) is 9.29. The molecule has 0 atom stereocenters. The molecule has 1 heterocycles. The SMILES string of the molecule is Cc1nc(OCCCc2ccccc2)ncc1CO. The predicted molar refractivity (Wildman–Crippen MR) is 72.9 cm³/mol. The lowest BCUT2D eigenvalue weighted by molar-refractivity contribution is 0.272. The molecule has 0 radical (unpaired) electrons. The van der Waals surface area contributed by atoms with Crippen LogP contribution in [-0.2, 0) is 13.0 Å². The van der Waals surface area contributed by atoms with E-state index in [2.05, 4.69) is 22.1 Å². The van der Waals surface area contributed by atoms with E-state index in [1.165, 1.54) is 5.56 Å². The molecule has 0 saturated heterocycles. The first-order valence-corrected chi connectivity index (χ1v) is 6.39. The molecule has 19 heavy (non-hydrogen) atoms. The summed E-state index contributed by atoms with van der Waals surface area (Å²) in [5, 5.41) is 9.03. The third-order valence-electron chi connectivity index (χ3n) is 2.91. The normalized spacial score (nSPS) is 10.4. The van der Waals surface area contributed by atoms with E-state index in [4.69, 9.17) is 9.84 Å². The fourth-order valence-electron chi connectivity index (χ4n) is 1.78. The molecular weight excluding hydrogens is 240 g/mol. The van der Waals surface area contributed by atoms with Gasteiger partial charge < -0.3 is 9.84 Å². The second-order valence-corrected chi connectivity index (χ2v) is 4.36. The Hall–Kier alpha value is -1.94. The summed E-state index contributed by atoms with van der Waals surface area (Å²) >= 11 is 0. The minimum Gasteiger partial charge on any atom is -0.463 e. The minimum absolute atomic E-state index is 0.0415. The molecule has 0 aliphatic rings. The summed E-state index contributed by atoms with van der Waals surface area (Å²) in [5.41, 5.74) is 2.80. The van der Waals surface area contributed by atoms with Gasteiger partial charge in [0, 0.05) is 11.8 Å². The largest absolute Gasteiger partial charge is 0.463 e. The van der Waals surface area contributed by atoms with Crippen LogP contribution in [0.4, 0.5) is 0 Å². The lowest BCUT2D eigenvalue weighted by Crippen LogP contribution is -2.04. The Kier molecular flexibility index (Phi) is 4.86. The van der Waals surface area contributed by atoms with Crippen molar-refractivity contribution in [1.82, 2.24) is 9.97 Å². The summed E-state index contributed by atoms with van der Waals surface area (Å²) in [5.74, 6) is 0. The quantitative estimate of drug-likeness (QED) is 0.808. The molecule has 2 rings (SSSR count). The zero-order valence-corrected chi connectivity index (χ0v) is 11.0. The van der Waals surface area contributed by atoms with Crippen molar-refractivity contribution in [3.8, 4) is 6.01 Å². The number of aromatic nitrogens is 2. The standard InChI is InChI=1S/C15H18N2O2/c1-12-14(11-18)10-16-15(17-12)19-9-5-8-13-6-3-2-4-7-13/h2-4,6-7,10,18H,5,8-9,11H2,1H3. The van der Waals surface area contributed by atoms with Gasteiger partial charge in [-0.3, -0.25) is 0 Å². The molecule has 0 aliphatic carbocycles. The number of ether oxygens (including phenoxy) is 1. The van der Waals surface area contributed by atoms with E-state index >= 15 is 0 Å². The Morgan fingerprint density at radius 3 is 2.68 bits per heavy atom. The highest BCUT2D eigenvalue weighted by atomic mass is 16.5. The molecule has 4 nitrogen and oxygen atoms in total. The zero-order chi connectivity index (χ0) is 13.5. The van der Waals surface area contributed by atoms with Crippen LogP contribution in [0.25, 0.3) is 0 Å². The number of aliphatic hydroxyl groups is 1. The van der Waals surface area contributed by atoms with Gasteiger partial charge in [-0.2, -0.15) is 0 Å². The van der Waals surface area contributed by atoms with E-state index in [1.54, 1.807) is 6.20 Å². The van der Waals surface area contributed by atoms with E-state index in [1.807, 2.05) is 25.1 Å². The molecule has 4 heteroatoms. The van der Waals surface area contributed by atoms with Crippen molar-refractivity contribution in [3.05, 3.63) is 53.3 Å². The fraction of sp³-hybridized carbons (Fsp3) is 0.333. The predicted octanol–water partition coefficient (Wildman–Crippen LogP) is 2.29. The number of hydrogen-bond donors (Lipinski definition) is 1. The van der Waals surface area contributed by atoms with Gasteiger partial charge in [-0.25, -0.2) is 9.97 Å². The van der Waals surface area contributed by atoms with Crippen molar-refractivity contribution in [2.24, 2.45) is 0 Å². The van der Waals surface area contributed by atoms with Crippen LogP contribution in [-0.4, -0.2) is 21.7 Å². The molecule has 0 unspecified atom stereocenters. The molecule has 1 aromatic heterocycles. The maximum atomic E-state index is 9.03. The highest BCUT2D eigenvalue weighted by Crippen LogP contribution is 2.09. The van der Waals surface area contributed by atoms with Gasteiger partial charge in [0.05, 0.1) is 18.9 Å². The van der Waals surface area contributed by atoms with Gasteiger partial charge in [-0.05, 0) is 25.3 Å². The van der Waals surface area contributed by atoms with Crippen molar-refractivity contribution in [3.63, 3.8) is 0 Å². The fourth-order valence-corrected chi connectivity index (χ4v) is 1.78. The number of aliphatic hydroxyl groups excluding tert-OH is 1. The molecule has 1 N–H and O–H groups in total. The number of nitrogens with zero attached hydrogens (tertiary/aromatic N) is 2. The van der Waals surface area contributed by atoms with Gasteiger partial charge in [-0.1, -0.05) is 30.3 Å². The van der Waals surface area contributed by atoms with Crippen LogP contribution in [0.3, 0.4) is 0 Å². The first kappa shape index (κ1) is 13.5. The Balaban J connectivity index is 1.78. The molecular formula is C15H18N2O2. The van der Waals surface area contributed by atoms with Gasteiger partial charge >= 0.3 is 6.01 Å². The second kappa shape index (κ2) is 6.85. The summed E-state index contributed by atoms with van der Waals surface area (Å²) in [6, 6.07) is 10.7. The Morgan fingerprint density at radius 2 is 2.00 bits per heavy atom. The van der Waals surface area contributed by atoms with Gasteiger partial charge in [0.25, 0.3) is 0 Å². The monoisotopic (exact) mass is 258 g/mol. The highest BCUT2D eigenvalue weighted by molar-refractivity contribution is 5.17. The van der Waals surface area contributed by atoms with Crippen molar-refractivity contribution in [2.45, 2.75) is 26.4 Å².